The Labute approximate surface area is 190 Å². The molecule has 0 saturated heterocycles. The monoisotopic (exact) mass is 442 g/mol. The molecule has 1 fully saturated rings. The average molecular weight is 443 g/mol. The Morgan fingerprint density at radius 2 is 2.00 bits per heavy atom. The van der Waals surface area contributed by atoms with E-state index in [1.165, 1.54) is 28.5 Å². The summed E-state index contributed by atoms with van der Waals surface area (Å²) in [4.78, 5) is 13.4. The number of benzene rings is 2. The minimum Gasteiger partial charge on any atom is -0.441 e. The minimum atomic E-state index is -0.579. The van der Waals surface area contributed by atoms with Crippen LogP contribution in [0.1, 0.15) is 59.2 Å². The Morgan fingerprint density at radius 3 is 2.78 bits per heavy atom. The van der Waals surface area contributed by atoms with E-state index in [9.17, 15) is 4.79 Å². The topological polar surface area (TPSA) is 64.4 Å². The van der Waals surface area contributed by atoms with Gasteiger partial charge in [-0.25, -0.2) is 4.79 Å². The van der Waals surface area contributed by atoms with Gasteiger partial charge in [0.1, 0.15) is 17.5 Å². The quantitative estimate of drug-likeness (QED) is 0.354. The number of ether oxygens (including phenoxy) is 1. The van der Waals surface area contributed by atoms with Crippen LogP contribution in [0.4, 0.5) is 10.5 Å². The normalized spacial score (nSPS) is 13.9. The summed E-state index contributed by atoms with van der Waals surface area (Å²) in [7, 11) is 0. The third kappa shape index (κ3) is 4.39. The van der Waals surface area contributed by atoms with E-state index in [0.29, 0.717) is 17.1 Å². The van der Waals surface area contributed by atoms with Crippen LogP contribution in [0, 0.1) is 18.8 Å². The van der Waals surface area contributed by atoms with Crippen molar-refractivity contribution in [2.24, 2.45) is 0 Å². The van der Waals surface area contributed by atoms with Crippen molar-refractivity contribution in [1.29, 1.82) is 0 Å². The van der Waals surface area contributed by atoms with Gasteiger partial charge in [0, 0.05) is 4.70 Å². The lowest BCUT2D eigenvalue weighted by molar-refractivity contribution is 0.121. The predicted molar refractivity (Wildman–Crippen MR) is 126 cm³/mol. The maximum absolute atomic E-state index is 12.4. The molecule has 2 aromatic heterocycles. The number of nitrogens with zero attached hydrogens (tertiary/aromatic N) is 1. The predicted octanol–water partition coefficient (Wildman–Crippen LogP) is 6.78. The van der Waals surface area contributed by atoms with Gasteiger partial charge in [-0.05, 0) is 73.1 Å². The molecule has 0 radical (unpaired) electrons. The summed E-state index contributed by atoms with van der Waals surface area (Å²) in [6.07, 6.45) is 1.61. The number of carbonyl (C=O) groups is 1. The Bertz CT molecular complexity index is 1340. The SMILES string of the molecule is Cc1noc(C#Cc2cc3ccc(C4CC4)cc3s2)c1NC(=O)OC(C)c1ccccc1. The number of aromatic nitrogens is 1. The van der Waals surface area contributed by atoms with Crippen molar-refractivity contribution in [1.82, 2.24) is 5.16 Å². The maximum atomic E-state index is 12.4. The van der Waals surface area contributed by atoms with Crippen molar-refractivity contribution >= 4 is 33.2 Å². The van der Waals surface area contributed by atoms with Gasteiger partial charge in [0.25, 0.3) is 0 Å². The van der Waals surface area contributed by atoms with Crippen LogP contribution < -0.4 is 5.32 Å². The fourth-order valence-corrected chi connectivity index (χ4v) is 4.55. The van der Waals surface area contributed by atoms with E-state index in [4.69, 9.17) is 9.26 Å². The lowest BCUT2D eigenvalue weighted by atomic mass is 10.1. The van der Waals surface area contributed by atoms with Gasteiger partial charge in [0.05, 0.1) is 4.88 Å². The van der Waals surface area contributed by atoms with Crippen LogP contribution >= 0.6 is 11.3 Å². The third-order valence-electron chi connectivity index (χ3n) is 5.53. The van der Waals surface area contributed by atoms with Crippen LogP contribution in [0.25, 0.3) is 10.1 Å². The molecule has 5 nitrogen and oxygen atoms in total. The Morgan fingerprint density at radius 1 is 1.19 bits per heavy atom. The number of anilines is 1. The minimum absolute atomic E-state index is 0.308. The second-order valence-corrected chi connectivity index (χ2v) is 9.07. The number of carbonyl (C=O) groups excluding carboxylic acids is 1. The number of hydrogen-bond acceptors (Lipinski definition) is 5. The molecule has 1 unspecified atom stereocenters. The molecule has 0 bridgehead atoms. The largest absolute Gasteiger partial charge is 0.441 e. The van der Waals surface area contributed by atoms with Crippen molar-refractivity contribution in [3.05, 3.63) is 82.1 Å². The molecule has 1 aliphatic carbocycles. The van der Waals surface area contributed by atoms with E-state index in [-0.39, 0.29) is 6.10 Å². The lowest BCUT2D eigenvalue weighted by Crippen LogP contribution is -2.16. The van der Waals surface area contributed by atoms with E-state index in [0.717, 1.165) is 16.4 Å². The fourth-order valence-electron chi connectivity index (χ4n) is 3.58. The molecule has 0 spiro atoms. The van der Waals surface area contributed by atoms with E-state index in [1.54, 1.807) is 18.3 Å². The van der Waals surface area contributed by atoms with Crippen LogP contribution in [0.3, 0.4) is 0 Å². The van der Waals surface area contributed by atoms with Gasteiger partial charge < -0.3 is 9.26 Å². The van der Waals surface area contributed by atoms with Crippen LogP contribution in [0.15, 0.2) is 59.1 Å². The summed E-state index contributed by atoms with van der Waals surface area (Å²) in [6, 6.07) is 18.3. The Kier molecular flexibility index (Phi) is 5.42. The summed E-state index contributed by atoms with van der Waals surface area (Å²) >= 11 is 1.66. The number of aryl methyl sites for hydroxylation is 1. The molecule has 1 amide bonds. The van der Waals surface area contributed by atoms with Crippen molar-refractivity contribution < 1.29 is 14.1 Å². The van der Waals surface area contributed by atoms with Gasteiger partial charge in [-0.1, -0.05) is 47.6 Å². The molecule has 2 heterocycles. The number of thiophene rings is 1. The molecule has 2 aromatic carbocycles. The molecule has 1 atom stereocenters. The number of amides is 1. The van der Waals surface area contributed by atoms with Gasteiger partial charge in [0.2, 0.25) is 5.76 Å². The highest BCUT2D eigenvalue weighted by Crippen LogP contribution is 2.41. The lowest BCUT2D eigenvalue weighted by Gasteiger charge is -2.13. The van der Waals surface area contributed by atoms with Crippen molar-refractivity contribution in [3.8, 4) is 11.8 Å². The number of fused-ring (bicyclic) bond motifs is 1. The van der Waals surface area contributed by atoms with Crippen LogP contribution in [0.2, 0.25) is 0 Å². The molecule has 32 heavy (non-hydrogen) atoms. The summed E-state index contributed by atoms with van der Waals surface area (Å²) in [6.45, 7) is 3.58. The fraction of sp³-hybridized carbons (Fsp3) is 0.231. The molecule has 6 heteroatoms. The Hall–Kier alpha value is -3.56. The molecule has 160 valence electrons. The maximum Gasteiger partial charge on any atom is 0.412 e. The molecule has 1 saturated carbocycles. The number of nitrogens with one attached hydrogen (secondary N) is 1. The summed E-state index contributed by atoms with van der Waals surface area (Å²) in [5.74, 6) is 7.20. The highest BCUT2D eigenvalue weighted by atomic mass is 32.1. The zero-order valence-corrected chi connectivity index (χ0v) is 18.7. The Balaban J connectivity index is 1.31. The highest BCUT2D eigenvalue weighted by molar-refractivity contribution is 7.19. The molecular formula is C26H22N2O3S. The first-order valence-corrected chi connectivity index (χ1v) is 11.4. The zero-order chi connectivity index (χ0) is 22.1. The first-order valence-electron chi connectivity index (χ1n) is 10.6. The molecule has 5 rings (SSSR count). The van der Waals surface area contributed by atoms with Gasteiger partial charge in [-0.3, -0.25) is 5.32 Å². The smallest absolute Gasteiger partial charge is 0.412 e. The highest BCUT2D eigenvalue weighted by Gasteiger charge is 2.23. The van der Waals surface area contributed by atoms with Crippen LogP contribution in [-0.4, -0.2) is 11.2 Å². The molecule has 0 aliphatic heterocycles. The summed E-state index contributed by atoms with van der Waals surface area (Å²) in [5.41, 5.74) is 3.31. The molecule has 1 aliphatic rings. The van der Waals surface area contributed by atoms with Crippen molar-refractivity contribution in [2.45, 2.75) is 38.7 Å². The van der Waals surface area contributed by atoms with E-state index < -0.39 is 6.09 Å². The van der Waals surface area contributed by atoms with Crippen LogP contribution in [-0.2, 0) is 4.74 Å². The second kappa shape index (κ2) is 8.52. The molecular weight excluding hydrogens is 420 g/mol. The summed E-state index contributed by atoms with van der Waals surface area (Å²) < 4.78 is 12.1. The number of rotatable bonds is 4. The second-order valence-electron chi connectivity index (χ2n) is 7.99. The van der Waals surface area contributed by atoms with Crippen molar-refractivity contribution in [2.75, 3.05) is 5.32 Å². The van der Waals surface area contributed by atoms with E-state index >= 15 is 0 Å². The third-order valence-corrected chi connectivity index (χ3v) is 6.55. The molecule has 1 N–H and O–H groups in total. The van der Waals surface area contributed by atoms with E-state index in [1.807, 2.05) is 37.3 Å². The average Bonchev–Trinajstić information content (AvgIpc) is 3.49. The van der Waals surface area contributed by atoms with Crippen LogP contribution in [0.5, 0.6) is 0 Å². The first kappa shape index (κ1) is 20.3. The first-order chi connectivity index (χ1) is 15.6. The van der Waals surface area contributed by atoms with Gasteiger partial charge in [-0.15, -0.1) is 11.3 Å². The van der Waals surface area contributed by atoms with Gasteiger partial charge in [-0.2, -0.15) is 0 Å². The van der Waals surface area contributed by atoms with Gasteiger partial charge in [0.15, 0.2) is 0 Å². The number of hydrogen-bond donors (Lipinski definition) is 1. The standard InChI is InChI=1S/C26H22N2O3S/c1-16-25(27-26(29)30-17(2)18-6-4-3-5-7-18)23(31-28-16)13-12-22-14-21-11-10-20(19-8-9-19)15-24(21)32-22/h3-7,10-11,14-15,17,19H,8-9H2,1-2H3,(H,27,29). The zero-order valence-electron chi connectivity index (χ0n) is 17.8. The van der Waals surface area contributed by atoms with Crippen molar-refractivity contribution in [3.63, 3.8) is 0 Å². The van der Waals surface area contributed by atoms with Gasteiger partial charge >= 0.3 is 6.09 Å². The van der Waals surface area contributed by atoms with E-state index in [2.05, 4.69) is 46.6 Å². The molecule has 4 aromatic rings. The summed E-state index contributed by atoms with van der Waals surface area (Å²) in [5, 5.41) is 7.88.